The number of nitrogens with zero attached hydrogens (tertiary/aromatic N) is 4. The van der Waals surface area contributed by atoms with E-state index < -0.39 is 11.9 Å². The molecule has 0 saturated heterocycles. The number of halogens is 1. The second-order valence-electron chi connectivity index (χ2n) is 6.80. The van der Waals surface area contributed by atoms with Gasteiger partial charge >= 0.3 is 0 Å². The van der Waals surface area contributed by atoms with Crippen LogP contribution in [0.15, 0.2) is 59.1 Å². The van der Waals surface area contributed by atoms with E-state index in [4.69, 9.17) is 5.73 Å². The molecule has 2 aromatic carbocycles. The molecule has 0 bridgehead atoms. The summed E-state index contributed by atoms with van der Waals surface area (Å²) in [6, 6.07) is 11.1. The highest BCUT2D eigenvalue weighted by molar-refractivity contribution is 7.97. The number of fused-ring (bicyclic) bond motifs is 2. The number of thiazole rings is 1. The fraction of sp³-hybridized carbons (Fsp3) is 0.150. The molecule has 0 radical (unpaired) electrons. The van der Waals surface area contributed by atoms with Crippen molar-refractivity contribution in [2.45, 2.75) is 24.0 Å². The Morgan fingerprint density at radius 1 is 1.24 bits per heavy atom. The molecule has 5 rings (SSSR count). The molecule has 0 saturated carbocycles. The van der Waals surface area contributed by atoms with Gasteiger partial charge in [-0.3, -0.25) is 4.79 Å². The highest BCUT2D eigenvalue weighted by Gasteiger charge is 2.30. The Balaban J connectivity index is 1.28. The van der Waals surface area contributed by atoms with Crippen LogP contribution < -0.4 is 5.73 Å². The Labute approximate surface area is 174 Å². The molecule has 4 aromatic rings. The number of carbonyl (C=O) groups is 1. The van der Waals surface area contributed by atoms with E-state index in [1.54, 1.807) is 28.4 Å². The summed E-state index contributed by atoms with van der Waals surface area (Å²) >= 11 is 3.13. The molecule has 3 heterocycles. The standard InChI is InChI=1S/C20H16FN5OS2/c21-14-3-1-2-12(6-14)19(22)20(27)25-8-13-9-26(24-17(13)10-25)29-15-4-5-16-18(7-15)28-11-23-16/h1-7,9,11,19H,8,10,22H2. The molecule has 29 heavy (non-hydrogen) atoms. The van der Waals surface area contributed by atoms with E-state index in [9.17, 15) is 9.18 Å². The van der Waals surface area contributed by atoms with Gasteiger partial charge < -0.3 is 10.6 Å². The average molecular weight is 426 g/mol. The molecule has 2 aromatic heterocycles. The van der Waals surface area contributed by atoms with Gasteiger partial charge in [-0.05, 0) is 35.9 Å². The number of amides is 1. The summed E-state index contributed by atoms with van der Waals surface area (Å²) in [6.45, 7) is 0.851. The van der Waals surface area contributed by atoms with Crippen molar-refractivity contribution in [3.05, 3.63) is 76.8 Å². The van der Waals surface area contributed by atoms with Gasteiger partial charge in [-0.2, -0.15) is 5.10 Å². The van der Waals surface area contributed by atoms with Crippen molar-refractivity contribution >= 4 is 39.4 Å². The number of hydrogen-bond acceptors (Lipinski definition) is 6. The van der Waals surface area contributed by atoms with Crippen molar-refractivity contribution < 1.29 is 9.18 Å². The molecule has 1 atom stereocenters. The van der Waals surface area contributed by atoms with Gasteiger partial charge in [0.2, 0.25) is 5.91 Å². The summed E-state index contributed by atoms with van der Waals surface area (Å²) in [7, 11) is 0. The summed E-state index contributed by atoms with van der Waals surface area (Å²) in [4.78, 5) is 19.8. The van der Waals surface area contributed by atoms with Crippen molar-refractivity contribution in [3.8, 4) is 0 Å². The number of hydrogen-bond donors (Lipinski definition) is 1. The minimum atomic E-state index is -0.887. The molecule has 1 amide bonds. The highest BCUT2D eigenvalue weighted by atomic mass is 32.2. The Morgan fingerprint density at radius 2 is 2.14 bits per heavy atom. The fourth-order valence-electron chi connectivity index (χ4n) is 3.37. The number of nitrogens with two attached hydrogens (primary N) is 1. The van der Waals surface area contributed by atoms with E-state index in [0.717, 1.165) is 26.4 Å². The summed E-state index contributed by atoms with van der Waals surface area (Å²) < 4.78 is 16.4. The number of rotatable bonds is 4. The Kier molecular flexibility index (Phi) is 4.57. The minimum Gasteiger partial charge on any atom is -0.331 e. The SMILES string of the molecule is NC(C(=O)N1Cc2cn(Sc3ccc4ncsc4c3)nc2C1)c1cccc(F)c1. The first-order valence-corrected chi connectivity index (χ1v) is 10.6. The maximum Gasteiger partial charge on any atom is 0.244 e. The first kappa shape index (κ1) is 18.3. The van der Waals surface area contributed by atoms with Crippen LogP contribution in [-0.2, 0) is 17.9 Å². The van der Waals surface area contributed by atoms with E-state index in [1.807, 2.05) is 27.9 Å². The minimum absolute atomic E-state index is 0.233. The maximum absolute atomic E-state index is 13.4. The third-order valence-electron chi connectivity index (χ3n) is 4.85. The van der Waals surface area contributed by atoms with Crippen LogP contribution in [0.25, 0.3) is 10.2 Å². The van der Waals surface area contributed by atoms with Gasteiger partial charge in [-0.25, -0.2) is 13.5 Å². The first-order valence-electron chi connectivity index (χ1n) is 8.96. The smallest absolute Gasteiger partial charge is 0.244 e. The second-order valence-corrected chi connectivity index (χ2v) is 8.72. The molecule has 1 aliphatic rings. The topological polar surface area (TPSA) is 77.0 Å². The molecule has 1 unspecified atom stereocenters. The molecule has 6 nitrogen and oxygen atoms in total. The summed E-state index contributed by atoms with van der Waals surface area (Å²) in [5, 5.41) is 4.61. The monoisotopic (exact) mass is 425 g/mol. The van der Waals surface area contributed by atoms with E-state index >= 15 is 0 Å². The molecule has 1 aliphatic heterocycles. The van der Waals surface area contributed by atoms with Crippen molar-refractivity contribution in [3.63, 3.8) is 0 Å². The van der Waals surface area contributed by atoms with E-state index in [-0.39, 0.29) is 5.91 Å². The molecule has 0 aliphatic carbocycles. The van der Waals surface area contributed by atoms with Crippen molar-refractivity contribution in [1.82, 2.24) is 19.1 Å². The highest BCUT2D eigenvalue weighted by Crippen LogP contribution is 2.30. The normalized spacial score (nSPS) is 14.3. The molecular formula is C20H16FN5OS2. The lowest BCUT2D eigenvalue weighted by molar-refractivity contribution is -0.133. The summed E-state index contributed by atoms with van der Waals surface area (Å²) in [5.41, 5.74) is 11.2. The zero-order valence-corrected chi connectivity index (χ0v) is 16.8. The summed E-state index contributed by atoms with van der Waals surface area (Å²) in [6.07, 6.45) is 1.94. The van der Waals surface area contributed by atoms with Gasteiger partial charge in [-0.1, -0.05) is 12.1 Å². The largest absolute Gasteiger partial charge is 0.331 e. The van der Waals surface area contributed by atoms with Crippen LogP contribution in [0.2, 0.25) is 0 Å². The Bertz CT molecular complexity index is 1200. The Hall–Kier alpha value is -2.75. The third-order valence-corrected chi connectivity index (χ3v) is 6.48. The second kappa shape index (κ2) is 7.25. The molecular weight excluding hydrogens is 409 g/mol. The van der Waals surface area contributed by atoms with Crippen LogP contribution in [0.1, 0.15) is 22.9 Å². The van der Waals surface area contributed by atoms with Gasteiger partial charge in [-0.15, -0.1) is 11.3 Å². The molecule has 0 spiro atoms. The zero-order chi connectivity index (χ0) is 20.0. The van der Waals surface area contributed by atoms with Crippen molar-refractivity contribution in [2.24, 2.45) is 5.73 Å². The van der Waals surface area contributed by atoms with Gasteiger partial charge in [0.1, 0.15) is 11.9 Å². The number of benzene rings is 2. The molecule has 9 heteroatoms. The first-order chi connectivity index (χ1) is 14.1. The van der Waals surface area contributed by atoms with Gasteiger partial charge in [0.25, 0.3) is 0 Å². The van der Waals surface area contributed by atoms with Crippen LogP contribution >= 0.6 is 23.3 Å². The molecule has 146 valence electrons. The number of carbonyl (C=O) groups excluding carboxylic acids is 1. The lowest BCUT2D eigenvalue weighted by Crippen LogP contribution is -2.35. The van der Waals surface area contributed by atoms with E-state index in [0.29, 0.717) is 18.7 Å². The van der Waals surface area contributed by atoms with Gasteiger partial charge in [0.15, 0.2) is 0 Å². The van der Waals surface area contributed by atoms with Gasteiger partial charge in [0, 0.05) is 35.1 Å². The maximum atomic E-state index is 13.4. The third kappa shape index (κ3) is 3.52. The van der Waals surface area contributed by atoms with Crippen molar-refractivity contribution in [1.29, 1.82) is 0 Å². The summed E-state index contributed by atoms with van der Waals surface area (Å²) in [5.74, 6) is -0.635. The van der Waals surface area contributed by atoms with Crippen LogP contribution in [0.4, 0.5) is 4.39 Å². The van der Waals surface area contributed by atoms with Gasteiger partial charge in [0.05, 0.1) is 28.0 Å². The van der Waals surface area contributed by atoms with E-state index in [2.05, 4.69) is 16.1 Å². The number of aromatic nitrogens is 3. The molecule has 0 fully saturated rings. The predicted octanol–water partition coefficient (Wildman–Crippen LogP) is 3.73. The van der Waals surface area contributed by atoms with Crippen molar-refractivity contribution in [2.75, 3.05) is 0 Å². The van der Waals surface area contributed by atoms with Crippen LogP contribution in [0.5, 0.6) is 0 Å². The fourth-order valence-corrected chi connectivity index (χ4v) is 5.00. The van der Waals surface area contributed by atoms with Crippen LogP contribution in [-0.4, -0.2) is 25.0 Å². The zero-order valence-electron chi connectivity index (χ0n) is 15.2. The van der Waals surface area contributed by atoms with Crippen LogP contribution in [0, 0.1) is 5.82 Å². The lowest BCUT2D eigenvalue weighted by atomic mass is 10.1. The molecule has 2 N–H and O–H groups in total. The quantitative estimate of drug-likeness (QED) is 0.539. The van der Waals surface area contributed by atoms with E-state index in [1.165, 1.54) is 24.1 Å². The predicted molar refractivity (Wildman–Crippen MR) is 111 cm³/mol. The Morgan fingerprint density at radius 3 is 2.97 bits per heavy atom. The average Bonchev–Trinajstić information content (AvgIpc) is 3.41. The lowest BCUT2D eigenvalue weighted by Gasteiger charge is -2.20. The van der Waals surface area contributed by atoms with Crippen LogP contribution in [0.3, 0.4) is 0 Å².